The second-order valence-corrected chi connectivity index (χ2v) is 6.57. The summed E-state index contributed by atoms with van der Waals surface area (Å²) >= 11 is 0. The largest absolute Gasteiger partial charge is 0.458 e. The van der Waals surface area contributed by atoms with Crippen LogP contribution in [0.5, 0.6) is 0 Å². The zero-order chi connectivity index (χ0) is 20.9. The fourth-order valence-electron chi connectivity index (χ4n) is 3.14. The lowest BCUT2D eigenvalue weighted by atomic mass is 10.0. The number of H-pyrrole nitrogens is 1. The molecule has 2 aromatic heterocycles. The molecule has 0 fully saturated rings. The predicted octanol–water partition coefficient (Wildman–Crippen LogP) is 4.25. The van der Waals surface area contributed by atoms with Gasteiger partial charge in [-0.15, -0.1) is 0 Å². The standard InChI is InChI=1S/C23H19N3O4/c1-15(27)29-14-18-12-11-17(30-18)13-24-26-23(28)22-21(16-7-3-2-4-8-16)19-9-5-6-10-20(19)25-22/h2-13,25H,14H2,1H3,(H,26,28). The zero-order valence-corrected chi connectivity index (χ0v) is 16.2. The number of para-hydroxylation sites is 1. The molecule has 0 saturated heterocycles. The second kappa shape index (κ2) is 8.48. The molecule has 0 aliphatic rings. The summed E-state index contributed by atoms with van der Waals surface area (Å²) < 4.78 is 10.4. The molecule has 1 amide bonds. The quantitative estimate of drug-likeness (QED) is 0.287. The van der Waals surface area contributed by atoms with Crippen LogP contribution in [-0.2, 0) is 16.1 Å². The number of hydrogen-bond acceptors (Lipinski definition) is 5. The van der Waals surface area contributed by atoms with Gasteiger partial charge in [0.15, 0.2) is 0 Å². The van der Waals surface area contributed by atoms with E-state index in [1.807, 2.05) is 54.6 Å². The number of nitrogens with zero attached hydrogens (tertiary/aromatic N) is 1. The van der Waals surface area contributed by atoms with Crippen LogP contribution in [0.4, 0.5) is 0 Å². The number of nitrogens with one attached hydrogen (secondary N) is 2. The Bertz CT molecular complexity index is 1220. The van der Waals surface area contributed by atoms with Crippen molar-refractivity contribution in [3.8, 4) is 11.1 Å². The van der Waals surface area contributed by atoms with E-state index in [2.05, 4.69) is 15.5 Å². The van der Waals surface area contributed by atoms with Crippen molar-refractivity contribution in [1.29, 1.82) is 0 Å². The average molecular weight is 401 g/mol. The molecule has 0 bridgehead atoms. The van der Waals surface area contributed by atoms with Gasteiger partial charge in [0.1, 0.15) is 23.8 Å². The Hall–Kier alpha value is -4.13. The predicted molar refractivity (Wildman–Crippen MR) is 113 cm³/mol. The third-order valence-electron chi connectivity index (χ3n) is 4.45. The molecule has 0 atom stereocenters. The Balaban J connectivity index is 1.54. The van der Waals surface area contributed by atoms with Gasteiger partial charge < -0.3 is 14.1 Å². The molecule has 7 nitrogen and oxygen atoms in total. The summed E-state index contributed by atoms with van der Waals surface area (Å²) in [4.78, 5) is 26.9. The average Bonchev–Trinajstić information content (AvgIpc) is 3.37. The zero-order valence-electron chi connectivity index (χ0n) is 16.2. The molecule has 0 spiro atoms. The van der Waals surface area contributed by atoms with Gasteiger partial charge in [-0.25, -0.2) is 5.43 Å². The summed E-state index contributed by atoms with van der Waals surface area (Å²) in [6, 6.07) is 20.8. The lowest BCUT2D eigenvalue weighted by Gasteiger charge is -2.04. The van der Waals surface area contributed by atoms with E-state index in [1.165, 1.54) is 13.1 Å². The third-order valence-corrected chi connectivity index (χ3v) is 4.45. The van der Waals surface area contributed by atoms with Crippen LogP contribution in [-0.4, -0.2) is 23.1 Å². The Morgan fingerprint density at radius 1 is 1.07 bits per heavy atom. The van der Waals surface area contributed by atoms with E-state index in [9.17, 15) is 9.59 Å². The molecule has 2 N–H and O–H groups in total. The molecule has 2 aromatic carbocycles. The minimum atomic E-state index is -0.388. The van der Waals surface area contributed by atoms with E-state index in [0.29, 0.717) is 17.2 Å². The van der Waals surface area contributed by atoms with E-state index >= 15 is 0 Å². The SMILES string of the molecule is CC(=O)OCc1ccc(C=NNC(=O)c2[nH]c3ccccc3c2-c2ccccc2)o1. The fraction of sp³-hybridized carbons (Fsp3) is 0.0870. The Morgan fingerprint density at radius 3 is 2.63 bits per heavy atom. The first-order valence-electron chi connectivity index (χ1n) is 9.33. The van der Waals surface area contributed by atoms with Crippen molar-refractivity contribution in [2.45, 2.75) is 13.5 Å². The topological polar surface area (TPSA) is 96.7 Å². The van der Waals surface area contributed by atoms with Crippen molar-refractivity contribution < 1.29 is 18.7 Å². The Morgan fingerprint density at radius 2 is 1.83 bits per heavy atom. The van der Waals surface area contributed by atoms with Crippen LogP contribution in [0, 0.1) is 0 Å². The smallest absolute Gasteiger partial charge is 0.303 e. The molecule has 7 heteroatoms. The Kier molecular flexibility index (Phi) is 5.43. The normalized spacial score (nSPS) is 11.1. The number of ether oxygens (including phenoxy) is 1. The van der Waals surface area contributed by atoms with Crippen LogP contribution in [0.3, 0.4) is 0 Å². The minimum absolute atomic E-state index is 0.0467. The van der Waals surface area contributed by atoms with Gasteiger partial charge in [-0.3, -0.25) is 9.59 Å². The molecule has 2 heterocycles. The first-order valence-corrected chi connectivity index (χ1v) is 9.33. The highest BCUT2D eigenvalue weighted by molar-refractivity contribution is 6.09. The molecule has 150 valence electrons. The highest BCUT2D eigenvalue weighted by Gasteiger charge is 2.18. The lowest BCUT2D eigenvalue weighted by molar-refractivity contribution is -0.142. The molecule has 0 radical (unpaired) electrons. The molecule has 0 aliphatic heterocycles. The summed E-state index contributed by atoms with van der Waals surface area (Å²) in [6.07, 6.45) is 1.39. The number of carbonyl (C=O) groups excluding carboxylic acids is 2. The van der Waals surface area contributed by atoms with Crippen molar-refractivity contribution in [2.75, 3.05) is 0 Å². The molecule has 30 heavy (non-hydrogen) atoms. The molecule has 0 unspecified atom stereocenters. The number of carbonyl (C=O) groups is 2. The Labute approximate surface area is 172 Å². The van der Waals surface area contributed by atoms with E-state index in [1.54, 1.807) is 12.1 Å². The van der Waals surface area contributed by atoms with Gasteiger partial charge in [-0.1, -0.05) is 48.5 Å². The van der Waals surface area contributed by atoms with Crippen molar-refractivity contribution in [1.82, 2.24) is 10.4 Å². The van der Waals surface area contributed by atoms with Crippen molar-refractivity contribution in [3.63, 3.8) is 0 Å². The lowest BCUT2D eigenvalue weighted by Crippen LogP contribution is -2.18. The summed E-state index contributed by atoms with van der Waals surface area (Å²) in [5, 5.41) is 4.94. The van der Waals surface area contributed by atoms with Gasteiger partial charge in [-0.05, 0) is 23.8 Å². The van der Waals surface area contributed by atoms with Gasteiger partial charge in [0.05, 0.1) is 6.21 Å². The van der Waals surface area contributed by atoms with E-state index in [0.717, 1.165) is 22.0 Å². The molecule has 4 rings (SSSR count). The second-order valence-electron chi connectivity index (χ2n) is 6.57. The fourth-order valence-corrected chi connectivity index (χ4v) is 3.14. The maximum absolute atomic E-state index is 12.8. The monoisotopic (exact) mass is 401 g/mol. The maximum atomic E-state index is 12.8. The summed E-state index contributed by atoms with van der Waals surface area (Å²) in [6.45, 7) is 1.37. The number of fused-ring (bicyclic) bond motifs is 1. The van der Waals surface area contributed by atoms with Gasteiger partial charge in [0.25, 0.3) is 5.91 Å². The van der Waals surface area contributed by atoms with Crippen molar-refractivity contribution in [2.24, 2.45) is 5.10 Å². The molecular formula is C23H19N3O4. The van der Waals surface area contributed by atoms with Crippen molar-refractivity contribution >= 4 is 29.0 Å². The highest BCUT2D eigenvalue weighted by atomic mass is 16.5. The number of hydrogen-bond donors (Lipinski definition) is 2. The van der Waals surface area contributed by atoms with Gasteiger partial charge >= 0.3 is 5.97 Å². The van der Waals surface area contributed by atoms with E-state index < -0.39 is 0 Å². The van der Waals surface area contributed by atoms with Gasteiger partial charge in [0.2, 0.25) is 0 Å². The van der Waals surface area contributed by atoms with Crippen LogP contribution in [0.1, 0.15) is 28.9 Å². The minimum Gasteiger partial charge on any atom is -0.458 e. The first-order chi connectivity index (χ1) is 14.6. The van der Waals surface area contributed by atoms with Gasteiger partial charge in [0, 0.05) is 23.4 Å². The number of rotatable bonds is 6. The van der Waals surface area contributed by atoms with Crippen LogP contribution < -0.4 is 5.43 Å². The number of aromatic amines is 1. The van der Waals surface area contributed by atoms with Crippen molar-refractivity contribution in [3.05, 3.63) is 83.9 Å². The van der Waals surface area contributed by atoms with Gasteiger partial charge in [-0.2, -0.15) is 5.10 Å². The number of benzene rings is 2. The summed E-state index contributed by atoms with van der Waals surface area (Å²) in [5.74, 6) is 0.159. The van der Waals surface area contributed by atoms with Crippen LogP contribution in [0.25, 0.3) is 22.0 Å². The summed E-state index contributed by atoms with van der Waals surface area (Å²) in [5.41, 5.74) is 5.58. The van der Waals surface area contributed by atoms with E-state index in [-0.39, 0.29) is 18.5 Å². The number of amides is 1. The van der Waals surface area contributed by atoms with Crippen LogP contribution >= 0.6 is 0 Å². The molecule has 0 saturated carbocycles. The van der Waals surface area contributed by atoms with Crippen LogP contribution in [0.2, 0.25) is 0 Å². The summed E-state index contributed by atoms with van der Waals surface area (Å²) in [7, 11) is 0. The molecular weight excluding hydrogens is 382 g/mol. The highest BCUT2D eigenvalue weighted by Crippen LogP contribution is 2.32. The number of furan rings is 1. The number of aromatic nitrogens is 1. The third kappa shape index (κ3) is 4.15. The molecule has 4 aromatic rings. The van der Waals surface area contributed by atoms with Crippen LogP contribution in [0.15, 0.2) is 76.2 Å². The maximum Gasteiger partial charge on any atom is 0.303 e. The number of esters is 1. The first kappa shape index (κ1) is 19.2. The molecule has 0 aliphatic carbocycles. The van der Waals surface area contributed by atoms with E-state index in [4.69, 9.17) is 9.15 Å². The number of hydrazone groups is 1.